The number of rotatable bonds is 0. The van der Waals surface area contributed by atoms with E-state index in [-0.39, 0.29) is 0 Å². The van der Waals surface area contributed by atoms with Crippen molar-refractivity contribution in [2.45, 2.75) is 0 Å². The van der Waals surface area contributed by atoms with Crippen LogP contribution in [-0.4, -0.2) is 5.16 Å². The quantitative estimate of drug-likeness (QED) is 0.551. The Hall–Kier alpha value is -0.310. The molecule has 2 nitrogen and oxygen atoms in total. The Morgan fingerprint density at radius 3 is 3.00 bits per heavy atom. The van der Waals surface area contributed by atoms with E-state index in [0.29, 0.717) is 0 Å². The van der Waals surface area contributed by atoms with E-state index < -0.39 is 0 Å². The minimum atomic E-state index is 0.752. The molecule has 1 heterocycles. The van der Waals surface area contributed by atoms with E-state index >= 15 is 0 Å². The van der Waals surface area contributed by atoms with Gasteiger partial charge in [-0.25, -0.2) is 0 Å². The van der Waals surface area contributed by atoms with Crippen LogP contribution in [0.25, 0.3) is 0 Å². The number of halogens is 1. The molecule has 0 fully saturated rings. The minimum Gasteiger partial charge on any atom is -0.352 e. The third-order valence-corrected chi connectivity index (χ3v) is 0.729. The van der Waals surface area contributed by atoms with Gasteiger partial charge in [0.1, 0.15) is 0 Å². The van der Waals surface area contributed by atoms with Crippen LogP contribution in [0.1, 0.15) is 0 Å². The van der Waals surface area contributed by atoms with Crippen molar-refractivity contribution in [1.82, 2.24) is 5.16 Å². The van der Waals surface area contributed by atoms with Crippen molar-refractivity contribution < 1.29 is 4.52 Å². The average molecular weight is 147 g/mol. The molecular weight excluding hydrogens is 146 g/mol. The summed E-state index contributed by atoms with van der Waals surface area (Å²) in [5, 5.41) is 3.34. The molecule has 0 amide bonds. The van der Waals surface area contributed by atoms with E-state index in [0.717, 1.165) is 4.47 Å². The topological polar surface area (TPSA) is 26.0 Å². The van der Waals surface area contributed by atoms with Gasteiger partial charge in [-0.1, -0.05) is 5.16 Å². The van der Waals surface area contributed by atoms with Gasteiger partial charge < -0.3 is 4.52 Å². The molecule has 6 heavy (non-hydrogen) atoms. The van der Waals surface area contributed by atoms with Gasteiger partial charge in [0.2, 0.25) is 6.26 Å². The lowest BCUT2D eigenvalue weighted by Gasteiger charge is -1.54. The Morgan fingerprint density at radius 2 is 2.83 bits per heavy atom. The monoisotopic (exact) mass is 146 g/mol. The zero-order valence-corrected chi connectivity index (χ0v) is 4.40. The molecule has 31 valence electrons. The van der Waals surface area contributed by atoms with Gasteiger partial charge >= 0.3 is 0 Å². The first-order chi connectivity index (χ1) is 2.89. The molecule has 0 bridgehead atoms. The van der Waals surface area contributed by atoms with Gasteiger partial charge in [-0.15, -0.1) is 0 Å². The number of hydrogen-bond donors (Lipinski definition) is 0. The average Bonchev–Trinajstić information content (AvgIpc) is 1.86. The summed E-state index contributed by atoms with van der Waals surface area (Å²) >= 11 is 3.07. The highest BCUT2D eigenvalue weighted by Crippen LogP contribution is 2.02. The number of nitrogens with zero attached hydrogens (tertiary/aromatic N) is 1. The van der Waals surface area contributed by atoms with Gasteiger partial charge in [0, 0.05) is 0 Å². The van der Waals surface area contributed by atoms with Crippen LogP contribution in [0.5, 0.6) is 0 Å². The molecule has 0 atom stereocenters. The highest BCUT2D eigenvalue weighted by Gasteiger charge is 1.82. The van der Waals surface area contributed by atoms with Crippen molar-refractivity contribution in [3.05, 3.63) is 16.9 Å². The van der Waals surface area contributed by atoms with Crippen LogP contribution >= 0.6 is 15.9 Å². The summed E-state index contributed by atoms with van der Waals surface area (Å²) in [6, 6.07) is 0. The third-order valence-electron chi connectivity index (χ3n) is 0.362. The molecule has 1 aromatic heterocycles. The summed E-state index contributed by atoms with van der Waals surface area (Å²) in [6.45, 7) is 0. The van der Waals surface area contributed by atoms with Crippen molar-refractivity contribution in [2.24, 2.45) is 0 Å². The summed E-state index contributed by atoms with van der Waals surface area (Å²) < 4.78 is 5.04. The summed E-state index contributed by atoms with van der Waals surface area (Å²) in [6.07, 6.45) is 3.96. The zero-order valence-electron chi connectivity index (χ0n) is 2.81. The van der Waals surface area contributed by atoms with E-state index in [1.54, 1.807) is 0 Å². The molecule has 1 rings (SSSR count). The molecule has 0 aromatic carbocycles. The smallest absolute Gasteiger partial charge is 0.220 e. The Morgan fingerprint density at radius 1 is 2.00 bits per heavy atom. The number of hydrogen-bond acceptors (Lipinski definition) is 2. The van der Waals surface area contributed by atoms with Gasteiger partial charge in [-0.3, -0.25) is 0 Å². The van der Waals surface area contributed by atoms with Crippen LogP contribution in [0.15, 0.2) is 15.2 Å². The standard InChI is InChI=1S/C3HBrNO/c4-3-1-5-6-2-3/h1H. The molecule has 0 aliphatic heterocycles. The molecule has 0 N–H and O–H groups in total. The second kappa shape index (κ2) is 1.43. The fraction of sp³-hybridized carbons (Fsp3) is 0. The molecular formula is C3HBrNO. The Bertz CT molecular complexity index is 114. The molecule has 3 heteroatoms. The zero-order chi connectivity index (χ0) is 4.41. The molecule has 0 spiro atoms. The highest BCUT2D eigenvalue weighted by atomic mass is 79.9. The SMILES string of the molecule is Brc1[c]onc1. The van der Waals surface area contributed by atoms with Crippen LogP contribution < -0.4 is 0 Å². The number of aromatic nitrogens is 1. The van der Waals surface area contributed by atoms with Gasteiger partial charge in [0.15, 0.2) is 0 Å². The van der Waals surface area contributed by atoms with Crippen molar-refractivity contribution in [1.29, 1.82) is 0 Å². The molecule has 0 unspecified atom stereocenters. The van der Waals surface area contributed by atoms with Crippen LogP contribution in [0, 0.1) is 6.26 Å². The lowest BCUT2D eigenvalue weighted by atomic mass is 10.8. The van der Waals surface area contributed by atoms with Crippen molar-refractivity contribution in [2.75, 3.05) is 0 Å². The predicted octanol–water partition coefficient (Wildman–Crippen LogP) is 1.24. The van der Waals surface area contributed by atoms with E-state index in [1.165, 1.54) is 6.20 Å². The summed E-state index contributed by atoms with van der Waals surface area (Å²) in [5.74, 6) is 0. The fourth-order valence-corrected chi connectivity index (χ4v) is 0.325. The second-order valence-electron chi connectivity index (χ2n) is 0.776. The van der Waals surface area contributed by atoms with E-state index in [2.05, 4.69) is 31.9 Å². The first-order valence-electron chi connectivity index (χ1n) is 1.37. The predicted molar refractivity (Wildman–Crippen MR) is 23.0 cm³/mol. The van der Waals surface area contributed by atoms with E-state index in [4.69, 9.17) is 0 Å². The van der Waals surface area contributed by atoms with Crippen LogP contribution in [-0.2, 0) is 0 Å². The fourth-order valence-electron chi connectivity index (χ4n) is 0.169. The third kappa shape index (κ3) is 0.597. The first-order valence-corrected chi connectivity index (χ1v) is 2.17. The summed E-state index contributed by atoms with van der Waals surface area (Å²) in [5.41, 5.74) is 0. The Kier molecular flexibility index (Phi) is 0.919. The van der Waals surface area contributed by atoms with Crippen LogP contribution in [0.2, 0.25) is 0 Å². The highest BCUT2D eigenvalue weighted by molar-refractivity contribution is 9.10. The molecule has 0 saturated heterocycles. The van der Waals surface area contributed by atoms with Gasteiger partial charge in [0.25, 0.3) is 0 Å². The largest absolute Gasteiger partial charge is 0.352 e. The second-order valence-corrected chi connectivity index (χ2v) is 1.63. The van der Waals surface area contributed by atoms with Crippen LogP contribution in [0.4, 0.5) is 0 Å². The maximum absolute atomic E-state index is 4.29. The van der Waals surface area contributed by atoms with Crippen molar-refractivity contribution in [3.63, 3.8) is 0 Å². The maximum Gasteiger partial charge on any atom is 0.220 e. The Balaban J connectivity index is 3.05. The van der Waals surface area contributed by atoms with Gasteiger partial charge in [-0.2, -0.15) is 0 Å². The normalized spacial score (nSPS) is 8.83. The molecule has 0 aliphatic carbocycles. The molecule has 0 aliphatic rings. The Labute approximate surface area is 43.3 Å². The van der Waals surface area contributed by atoms with E-state index in [9.17, 15) is 0 Å². The lowest BCUT2D eigenvalue weighted by molar-refractivity contribution is 0.412. The minimum absolute atomic E-state index is 0.752. The first kappa shape index (κ1) is 3.87. The van der Waals surface area contributed by atoms with Crippen molar-refractivity contribution in [3.8, 4) is 0 Å². The van der Waals surface area contributed by atoms with Gasteiger partial charge in [0.05, 0.1) is 10.7 Å². The van der Waals surface area contributed by atoms with Crippen molar-refractivity contribution >= 4 is 15.9 Å². The molecule has 0 saturated carbocycles. The molecule has 1 radical (unpaired) electrons. The summed E-state index contributed by atoms with van der Waals surface area (Å²) in [7, 11) is 0. The van der Waals surface area contributed by atoms with E-state index in [1.807, 2.05) is 0 Å². The summed E-state index contributed by atoms with van der Waals surface area (Å²) in [4.78, 5) is 0. The maximum atomic E-state index is 4.29. The lowest BCUT2D eigenvalue weighted by Crippen LogP contribution is -1.42. The molecule has 1 aromatic rings. The van der Waals surface area contributed by atoms with Gasteiger partial charge in [-0.05, 0) is 15.9 Å². The van der Waals surface area contributed by atoms with Crippen LogP contribution in [0.3, 0.4) is 0 Å².